The van der Waals surface area contributed by atoms with Crippen LogP contribution in [-0.4, -0.2) is 30.9 Å². The van der Waals surface area contributed by atoms with Gasteiger partial charge in [-0.25, -0.2) is 4.68 Å². The van der Waals surface area contributed by atoms with Crippen LogP contribution in [0.5, 0.6) is 0 Å². The first-order valence-corrected chi connectivity index (χ1v) is 8.32. The van der Waals surface area contributed by atoms with Gasteiger partial charge in [0, 0.05) is 6.07 Å². The Labute approximate surface area is 148 Å². The Kier molecular flexibility index (Phi) is 4.51. The molecule has 1 heterocycles. The van der Waals surface area contributed by atoms with E-state index < -0.39 is 0 Å². The van der Waals surface area contributed by atoms with Gasteiger partial charge in [-0.2, -0.15) is 10.2 Å². The van der Waals surface area contributed by atoms with Gasteiger partial charge in [0.15, 0.2) is 0 Å². The van der Waals surface area contributed by atoms with E-state index in [0.717, 1.165) is 32.9 Å². The van der Waals surface area contributed by atoms with Crippen molar-refractivity contribution < 1.29 is 0 Å². The number of hydrogen-bond donors (Lipinski definition) is 0. The van der Waals surface area contributed by atoms with Gasteiger partial charge in [-0.3, -0.25) is 4.48 Å². The van der Waals surface area contributed by atoms with Crippen molar-refractivity contribution in [2.75, 3.05) is 21.1 Å². The van der Waals surface area contributed by atoms with E-state index in [9.17, 15) is 0 Å². The lowest BCUT2D eigenvalue weighted by Crippen LogP contribution is -2.34. The van der Waals surface area contributed by atoms with Crippen LogP contribution in [0.1, 0.15) is 11.4 Å². The summed E-state index contributed by atoms with van der Waals surface area (Å²) in [5, 5.41) is 13.5. The first-order valence-electron chi connectivity index (χ1n) is 8.32. The third kappa shape index (κ3) is 3.67. The lowest BCUT2D eigenvalue weighted by molar-refractivity contribution is 0.486. The van der Waals surface area contributed by atoms with Crippen molar-refractivity contribution in [3.63, 3.8) is 0 Å². The van der Waals surface area contributed by atoms with Gasteiger partial charge in [-0.05, 0) is 38.1 Å². The third-order valence-corrected chi connectivity index (χ3v) is 4.12. The fraction of sp³-hybridized carbons (Fsp3) is 0.250. The highest BCUT2D eigenvalue weighted by Crippen LogP contribution is 2.29. The summed E-state index contributed by atoms with van der Waals surface area (Å²) in [6.45, 7) is 3.98. The molecule has 0 aliphatic rings. The summed E-state index contributed by atoms with van der Waals surface area (Å²) in [6, 6.07) is 18.2. The van der Waals surface area contributed by atoms with Crippen molar-refractivity contribution in [3.05, 3.63) is 66.0 Å². The summed E-state index contributed by atoms with van der Waals surface area (Å²) in [7, 11) is 6.40. The highest BCUT2D eigenvalue weighted by Gasteiger charge is 2.14. The lowest BCUT2D eigenvalue weighted by atomic mass is 10.2. The first-order chi connectivity index (χ1) is 11.9. The molecule has 0 saturated heterocycles. The Balaban J connectivity index is 1.94. The summed E-state index contributed by atoms with van der Waals surface area (Å²) in [6.07, 6.45) is 0. The molecule has 2 aromatic carbocycles. The zero-order valence-corrected chi connectivity index (χ0v) is 15.4. The molecule has 0 atom stereocenters. The Morgan fingerprint density at radius 2 is 1.60 bits per heavy atom. The molecule has 0 aliphatic carbocycles. The zero-order valence-electron chi connectivity index (χ0n) is 15.4. The van der Waals surface area contributed by atoms with Crippen molar-refractivity contribution >= 4 is 17.1 Å². The molecular formula is C20H24N5+. The lowest BCUT2D eigenvalue weighted by Gasteiger charge is -2.23. The van der Waals surface area contributed by atoms with Crippen LogP contribution in [0.3, 0.4) is 0 Å². The van der Waals surface area contributed by atoms with Gasteiger partial charge in [0.1, 0.15) is 11.4 Å². The van der Waals surface area contributed by atoms with E-state index in [2.05, 4.69) is 48.6 Å². The molecule has 0 saturated carbocycles. The van der Waals surface area contributed by atoms with Gasteiger partial charge < -0.3 is 0 Å². The zero-order chi connectivity index (χ0) is 18.0. The van der Waals surface area contributed by atoms with Gasteiger partial charge in [0.05, 0.1) is 43.9 Å². The molecule has 1 aromatic heterocycles. The van der Waals surface area contributed by atoms with E-state index in [4.69, 9.17) is 0 Å². The standard InChI is InChI=1S/C20H24N5/c1-15-20(16(2)24(23-15)18-11-7-6-8-12-18)22-21-17-10-9-13-19(14-17)25(3,4)5/h6-14H,1-5H3/q+1/b22-21+. The molecule has 3 aromatic rings. The number of rotatable bonds is 4. The average Bonchev–Trinajstić information content (AvgIpc) is 2.88. The van der Waals surface area contributed by atoms with Gasteiger partial charge in [-0.1, -0.05) is 24.3 Å². The molecule has 0 bridgehead atoms. The average molecular weight is 334 g/mol. The van der Waals surface area contributed by atoms with E-state index >= 15 is 0 Å². The van der Waals surface area contributed by atoms with Crippen LogP contribution in [0.15, 0.2) is 64.8 Å². The van der Waals surface area contributed by atoms with Crippen molar-refractivity contribution in [2.45, 2.75) is 13.8 Å². The van der Waals surface area contributed by atoms with E-state index in [0.29, 0.717) is 0 Å². The topological polar surface area (TPSA) is 42.5 Å². The molecule has 0 spiro atoms. The van der Waals surface area contributed by atoms with Crippen LogP contribution in [0.2, 0.25) is 0 Å². The summed E-state index contributed by atoms with van der Waals surface area (Å²) < 4.78 is 2.65. The Hall–Kier alpha value is -2.79. The minimum absolute atomic E-state index is 0.743. The fourth-order valence-electron chi connectivity index (χ4n) is 2.68. The molecule has 5 nitrogen and oxygen atoms in total. The number of azo groups is 1. The molecule has 0 fully saturated rings. The molecule has 25 heavy (non-hydrogen) atoms. The maximum absolute atomic E-state index is 4.61. The van der Waals surface area contributed by atoms with Crippen LogP contribution in [0.25, 0.3) is 5.69 Å². The van der Waals surface area contributed by atoms with Gasteiger partial charge in [0.2, 0.25) is 0 Å². The van der Waals surface area contributed by atoms with Crippen molar-refractivity contribution in [1.82, 2.24) is 14.3 Å². The SMILES string of the molecule is Cc1nn(-c2ccccc2)c(C)c1/N=N/c1cccc([N+](C)(C)C)c1. The minimum atomic E-state index is 0.743. The second kappa shape index (κ2) is 6.61. The molecule has 128 valence electrons. The van der Waals surface area contributed by atoms with Crippen molar-refractivity contribution in [1.29, 1.82) is 0 Å². The molecule has 0 unspecified atom stereocenters. The summed E-state index contributed by atoms with van der Waals surface area (Å²) in [4.78, 5) is 0. The number of quaternary nitrogens is 1. The molecule has 0 radical (unpaired) electrons. The van der Waals surface area contributed by atoms with Gasteiger partial charge >= 0.3 is 0 Å². The van der Waals surface area contributed by atoms with Gasteiger partial charge in [-0.15, -0.1) is 5.11 Å². The highest BCUT2D eigenvalue weighted by atomic mass is 15.3. The van der Waals surface area contributed by atoms with Crippen LogP contribution in [0, 0.1) is 13.8 Å². The van der Waals surface area contributed by atoms with Crippen molar-refractivity contribution in [2.24, 2.45) is 10.2 Å². The second-order valence-corrected chi connectivity index (χ2v) is 7.00. The smallest absolute Gasteiger partial charge is 0.134 e. The number of hydrogen-bond acceptors (Lipinski definition) is 3. The van der Waals surface area contributed by atoms with E-state index in [1.54, 1.807) is 0 Å². The number of aryl methyl sites for hydroxylation is 1. The largest absolute Gasteiger partial charge is 0.298 e. The van der Waals surface area contributed by atoms with E-state index in [1.807, 2.05) is 61.0 Å². The molecule has 5 heteroatoms. The monoisotopic (exact) mass is 334 g/mol. The molecule has 3 rings (SSSR count). The third-order valence-electron chi connectivity index (χ3n) is 4.12. The van der Waals surface area contributed by atoms with E-state index in [-0.39, 0.29) is 0 Å². The Bertz CT molecular complexity index is 902. The molecular weight excluding hydrogens is 310 g/mol. The minimum Gasteiger partial charge on any atom is -0.298 e. The summed E-state index contributed by atoms with van der Waals surface area (Å²) in [5.74, 6) is 0. The predicted octanol–water partition coefficient (Wildman–Crippen LogP) is 5.10. The first kappa shape index (κ1) is 17.0. The fourth-order valence-corrected chi connectivity index (χ4v) is 2.68. The summed E-state index contributed by atoms with van der Waals surface area (Å²) in [5.41, 5.74) is 5.72. The Morgan fingerprint density at radius 1 is 0.880 bits per heavy atom. The Morgan fingerprint density at radius 3 is 2.28 bits per heavy atom. The number of nitrogens with zero attached hydrogens (tertiary/aromatic N) is 5. The molecule has 0 aliphatic heterocycles. The van der Waals surface area contributed by atoms with Gasteiger partial charge in [0.25, 0.3) is 0 Å². The number of aromatic nitrogens is 2. The second-order valence-electron chi connectivity index (χ2n) is 7.00. The summed E-state index contributed by atoms with van der Waals surface area (Å²) >= 11 is 0. The van der Waals surface area contributed by atoms with Crippen LogP contribution < -0.4 is 4.48 Å². The predicted molar refractivity (Wildman–Crippen MR) is 103 cm³/mol. The quantitative estimate of drug-likeness (QED) is 0.483. The molecule has 0 N–H and O–H groups in total. The maximum Gasteiger partial charge on any atom is 0.134 e. The maximum atomic E-state index is 4.61. The van der Waals surface area contributed by atoms with Crippen LogP contribution in [-0.2, 0) is 0 Å². The van der Waals surface area contributed by atoms with E-state index in [1.165, 1.54) is 5.69 Å². The number of benzene rings is 2. The van der Waals surface area contributed by atoms with Crippen LogP contribution in [0.4, 0.5) is 17.1 Å². The normalized spacial score (nSPS) is 12.0. The highest BCUT2D eigenvalue weighted by molar-refractivity contribution is 5.54. The molecule has 0 amide bonds. The number of para-hydroxylation sites is 1. The van der Waals surface area contributed by atoms with Crippen LogP contribution >= 0.6 is 0 Å². The van der Waals surface area contributed by atoms with Crippen molar-refractivity contribution in [3.8, 4) is 5.69 Å².